The number of halogens is 2. The minimum Gasteiger partial charge on any atom is -0.399 e. The van der Waals surface area contributed by atoms with E-state index in [0.29, 0.717) is 6.42 Å². The van der Waals surface area contributed by atoms with Crippen molar-refractivity contribution in [3.8, 4) is 0 Å². The molecule has 1 unspecified atom stereocenters. The Morgan fingerprint density at radius 3 is 2.53 bits per heavy atom. The maximum atomic E-state index is 13.3. The summed E-state index contributed by atoms with van der Waals surface area (Å²) in [6, 6.07) is 13.3. The average Bonchev–Trinajstić information content (AvgIpc) is 2.81. The van der Waals surface area contributed by atoms with E-state index in [0.717, 1.165) is 16.3 Å². The number of carbonyl (C=O) groups is 2. The van der Waals surface area contributed by atoms with E-state index >= 15 is 0 Å². The molecule has 184 valence electrons. The van der Waals surface area contributed by atoms with Crippen molar-refractivity contribution in [3.05, 3.63) is 59.9 Å². The maximum absolute atomic E-state index is 13.3. The van der Waals surface area contributed by atoms with Gasteiger partial charge in [-0.15, -0.1) is 0 Å². The first-order valence-electron chi connectivity index (χ1n) is 11.2. The second-order valence-corrected chi connectivity index (χ2v) is 8.78. The van der Waals surface area contributed by atoms with Crippen molar-refractivity contribution in [3.63, 3.8) is 0 Å². The smallest absolute Gasteiger partial charge is 0.248 e. The predicted molar refractivity (Wildman–Crippen MR) is 124 cm³/mol. The average molecular weight is 476 g/mol. The molecule has 8 nitrogen and oxygen atoms in total. The van der Waals surface area contributed by atoms with E-state index in [1.165, 1.54) is 11.2 Å². The van der Waals surface area contributed by atoms with Crippen LogP contribution in [0.15, 0.2) is 54.4 Å². The molecule has 1 aliphatic carbocycles. The SMILES string of the molecule is N/C(=C\N(N)C(CC(=O)NO)Cc1ccc2ccccc2c1)CNC(=O)C1CCC(F)(F)CC1. The lowest BCUT2D eigenvalue weighted by Gasteiger charge is -2.28. The molecule has 3 rings (SSSR count). The molecule has 1 aliphatic rings. The summed E-state index contributed by atoms with van der Waals surface area (Å²) in [5.41, 5.74) is 8.82. The van der Waals surface area contributed by atoms with Crippen LogP contribution in [0.2, 0.25) is 0 Å². The van der Waals surface area contributed by atoms with Crippen LogP contribution in [0.25, 0.3) is 10.8 Å². The Bertz CT molecular complexity index is 1040. The number of nitrogens with zero attached hydrogens (tertiary/aromatic N) is 1. The molecule has 0 spiro atoms. The predicted octanol–water partition coefficient (Wildman–Crippen LogP) is 2.56. The van der Waals surface area contributed by atoms with Gasteiger partial charge in [0.25, 0.3) is 0 Å². The van der Waals surface area contributed by atoms with Crippen LogP contribution in [-0.2, 0) is 16.0 Å². The number of carbonyl (C=O) groups excluding carboxylic acids is 2. The van der Waals surface area contributed by atoms with Gasteiger partial charge in [0.2, 0.25) is 17.7 Å². The molecule has 2 amide bonds. The molecule has 2 aromatic rings. The Hall–Kier alpha value is -3.24. The van der Waals surface area contributed by atoms with Crippen LogP contribution in [-0.4, -0.2) is 40.5 Å². The second kappa shape index (κ2) is 11.3. The summed E-state index contributed by atoms with van der Waals surface area (Å²) in [4.78, 5) is 24.1. The van der Waals surface area contributed by atoms with Crippen LogP contribution in [0.5, 0.6) is 0 Å². The zero-order valence-corrected chi connectivity index (χ0v) is 18.8. The Morgan fingerprint density at radius 1 is 1.18 bits per heavy atom. The topological polar surface area (TPSA) is 134 Å². The fraction of sp³-hybridized carbons (Fsp3) is 0.417. The van der Waals surface area contributed by atoms with Crippen molar-refractivity contribution in [2.75, 3.05) is 6.54 Å². The molecule has 0 saturated heterocycles. The van der Waals surface area contributed by atoms with Gasteiger partial charge in [0.05, 0.1) is 19.0 Å². The Labute approximate surface area is 196 Å². The van der Waals surface area contributed by atoms with E-state index in [4.69, 9.17) is 16.8 Å². The number of nitrogens with two attached hydrogens (primary N) is 2. The van der Waals surface area contributed by atoms with Crippen LogP contribution in [0, 0.1) is 5.92 Å². The third-order valence-electron chi connectivity index (χ3n) is 6.12. The van der Waals surface area contributed by atoms with Crippen LogP contribution in [0.3, 0.4) is 0 Å². The van der Waals surface area contributed by atoms with Crippen molar-refractivity contribution in [2.45, 2.75) is 50.5 Å². The van der Waals surface area contributed by atoms with Crippen LogP contribution < -0.4 is 22.4 Å². The molecule has 10 heteroatoms. The highest BCUT2D eigenvalue weighted by Crippen LogP contribution is 2.36. The van der Waals surface area contributed by atoms with E-state index in [-0.39, 0.29) is 50.3 Å². The molecular weight excluding hydrogens is 444 g/mol. The van der Waals surface area contributed by atoms with E-state index < -0.39 is 23.8 Å². The van der Waals surface area contributed by atoms with Gasteiger partial charge in [-0.3, -0.25) is 14.8 Å². The van der Waals surface area contributed by atoms with E-state index in [1.807, 2.05) is 42.5 Å². The molecule has 0 aromatic heterocycles. The summed E-state index contributed by atoms with van der Waals surface area (Å²) >= 11 is 0. The normalized spacial score (nSPS) is 17.2. The number of fused-ring (bicyclic) bond motifs is 1. The van der Waals surface area contributed by atoms with Crippen molar-refractivity contribution >= 4 is 22.6 Å². The summed E-state index contributed by atoms with van der Waals surface area (Å²) in [5.74, 6) is 2.10. The highest BCUT2D eigenvalue weighted by molar-refractivity contribution is 5.83. The molecule has 1 saturated carbocycles. The van der Waals surface area contributed by atoms with Crippen molar-refractivity contribution < 1.29 is 23.6 Å². The highest BCUT2D eigenvalue weighted by Gasteiger charge is 2.37. The van der Waals surface area contributed by atoms with Crippen LogP contribution in [0.4, 0.5) is 8.78 Å². The summed E-state index contributed by atoms with van der Waals surface area (Å²) in [6.07, 6.45) is 1.41. The summed E-state index contributed by atoms with van der Waals surface area (Å²) in [5, 5.41) is 15.0. The number of nitrogens with one attached hydrogen (secondary N) is 2. The van der Waals surface area contributed by atoms with Gasteiger partial charge in [0.1, 0.15) is 0 Å². The number of hydrogen-bond acceptors (Lipinski definition) is 6. The van der Waals surface area contributed by atoms with Gasteiger partial charge in [-0.05, 0) is 35.6 Å². The number of benzene rings is 2. The first-order chi connectivity index (χ1) is 16.2. The van der Waals surface area contributed by atoms with Crippen molar-refractivity contribution in [1.29, 1.82) is 0 Å². The lowest BCUT2D eigenvalue weighted by atomic mass is 9.86. The van der Waals surface area contributed by atoms with Gasteiger partial charge in [-0.25, -0.2) is 20.1 Å². The zero-order valence-electron chi connectivity index (χ0n) is 18.8. The summed E-state index contributed by atoms with van der Waals surface area (Å²) in [6.45, 7) is -0.00564. The van der Waals surface area contributed by atoms with Gasteiger partial charge >= 0.3 is 0 Å². The molecule has 0 radical (unpaired) electrons. The number of alkyl halides is 2. The van der Waals surface area contributed by atoms with Crippen LogP contribution >= 0.6 is 0 Å². The van der Waals surface area contributed by atoms with Gasteiger partial charge in [0.15, 0.2) is 0 Å². The molecule has 34 heavy (non-hydrogen) atoms. The third kappa shape index (κ3) is 7.13. The lowest BCUT2D eigenvalue weighted by molar-refractivity contribution is -0.130. The number of rotatable bonds is 9. The summed E-state index contributed by atoms with van der Waals surface area (Å²) in [7, 11) is 0. The third-order valence-corrected chi connectivity index (χ3v) is 6.12. The zero-order chi connectivity index (χ0) is 24.7. The van der Waals surface area contributed by atoms with Gasteiger partial charge in [0, 0.05) is 30.7 Å². The molecule has 2 aromatic carbocycles. The number of amides is 2. The monoisotopic (exact) mass is 475 g/mol. The summed E-state index contributed by atoms with van der Waals surface area (Å²) < 4.78 is 26.6. The molecular formula is C24H31F2N5O3. The molecule has 1 fully saturated rings. The minimum atomic E-state index is -2.70. The lowest BCUT2D eigenvalue weighted by Crippen LogP contribution is -2.43. The van der Waals surface area contributed by atoms with Crippen molar-refractivity contribution in [2.24, 2.45) is 17.5 Å². The van der Waals surface area contributed by atoms with Gasteiger partial charge < -0.3 is 16.1 Å². The molecule has 0 heterocycles. The Morgan fingerprint density at radius 2 is 1.85 bits per heavy atom. The largest absolute Gasteiger partial charge is 0.399 e. The van der Waals surface area contributed by atoms with E-state index in [2.05, 4.69) is 5.32 Å². The minimum absolute atomic E-state index is 0.00564. The Kier molecular flexibility index (Phi) is 8.41. The van der Waals surface area contributed by atoms with Crippen molar-refractivity contribution in [1.82, 2.24) is 15.8 Å². The number of hydrazine groups is 1. The van der Waals surface area contributed by atoms with E-state index in [1.54, 1.807) is 5.48 Å². The highest BCUT2D eigenvalue weighted by atomic mass is 19.3. The first kappa shape index (κ1) is 25.4. The molecule has 0 aliphatic heterocycles. The first-order valence-corrected chi connectivity index (χ1v) is 11.2. The molecule has 0 bridgehead atoms. The quantitative estimate of drug-likeness (QED) is 0.215. The standard InChI is InChI=1S/C24H31F2N5O3/c25-24(26)9-7-18(8-10-24)23(33)29-14-20(27)15-31(28)21(13-22(32)30-34)12-16-5-6-17-3-1-2-4-19(17)11-16/h1-6,11,15,18,21,34H,7-10,12-14,27-28H2,(H,29,33)(H,30,32)/b20-15-. The number of hydroxylamine groups is 1. The fourth-order valence-corrected chi connectivity index (χ4v) is 4.16. The maximum Gasteiger partial charge on any atom is 0.248 e. The molecule has 1 atom stereocenters. The van der Waals surface area contributed by atoms with Gasteiger partial charge in [-0.1, -0.05) is 42.5 Å². The fourth-order valence-electron chi connectivity index (χ4n) is 4.16. The van der Waals surface area contributed by atoms with Crippen LogP contribution in [0.1, 0.15) is 37.7 Å². The number of hydrogen-bond donors (Lipinski definition) is 5. The van der Waals surface area contributed by atoms with Gasteiger partial charge in [-0.2, -0.15) is 0 Å². The van der Waals surface area contributed by atoms with E-state index in [9.17, 15) is 18.4 Å². The molecule has 7 N–H and O–H groups in total. The Balaban J connectivity index is 1.62. The second-order valence-electron chi connectivity index (χ2n) is 8.78.